The number of piperazine rings is 1. The molecule has 228 valence electrons. The van der Waals surface area contributed by atoms with Crippen molar-refractivity contribution in [1.82, 2.24) is 30.4 Å². The maximum Gasteiger partial charge on any atom is 0.320 e. The van der Waals surface area contributed by atoms with Gasteiger partial charge in [-0.2, -0.15) is 0 Å². The number of aromatic nitrogens is 2. The number of nitrogens with zero attached hydrogens (tertiary/aromatic N) is 5. The molecule has 5 rings (SSSR count). The van der Waals surface area contributed by atoms with Crippen LogP contribution in [0.15, 0.2) is 30.5 Å². The molecule has 42 heavy (non-hydrogen) atoms. The fourth-order valence-corrected chi connectivity index (χ4v) is 6.46. The van der Waals surface area contributed by atoms with Gasteiger partial charge in [-0.1, -0.05) is 6.92 Å². The Labute approximate surface area is 248 Å². The van der Waals surface area contributed by atoms with Crippen molar-refractivity contribution in [3.05, 3.63) is 36.2 Å². The summed E-state index contributed by atoms with van der Waals surface area (Å²) in [5, 5.41) is 6.46. The Morgan fingerprint density at radius 1 is 1.17 bits per heavy atom. The third kappa shape index (κ3) is 6.30. The summed E-state index contributed by atoms with van der Waals surface area (Å²) < 4.78 is 20.7. The molecule has 3 saturated heterocycles. The van der Waals surface area contributed by atoms with Crippen molar-refractivity contribution in [3.63, 3.8) is 0 Å². The zero-order chi connectivity index (χ0) is 29.9. The monoisotopic (exact) mass is 581 g/mol. The van der Waals surface area contributed by atoms with E-state index >= 15 is 0 Å². The molecule has 2 aromatic heterocycles. The molecule has 3 atom stereocenters. The van der Waals surface area contributed by atoms with Gasteiger partial charge in [0, 0.05) is 51.0 Å². The molecule has 3 amide bonds. The summed E-state index contributed by atoms with van der Waals surface area (Å²) in [5.41, 5.74) is 0.982. The Bertz CT molecular complexity index is 1260. The first kappa shape index (κ1) is 30.0. The van der Waals surface area contributed by atoms with Gasteiger partial charge >= 0.3 is 6.03 Å². The van der Waals surface area contributed by atoms with Crippen LogP contribution in [0.4, 0.5) is 14.9 Å². The number of anilines is 1. The van der Waals surface area contributed by atoms with E-state index in [1.165, 1.54) is 0 Å². The lowest BCUT2D eigenvalue weighted by Gasteiger charge is -2.45. The second kappa shape index (κ2) is 12.8. The number of hydrogen-bond acceptors (Lipinski definition) is 7. The summed E-state index contributed by atoms with van der Waals surface area (Å²) in [5.74, 6) is 0.252. The Kier molecular flexibility index (Phi) is 9.15. The maximum absolute atomic E-state index is 14.9. The van der Waals surface area contributed by atoms with Crippen LogP contribution in [0.25, 0.3) is 11.3 Å². The Hall–Kier alpha value is -3.47. The molecule has 3 aliphatic heterocycles. The van der Waals surface area contributed by atoms with Gasteiger partial charge in [0.05, 0.1) is 29.6 Å². The molecule has 3 aliphatic rings. The molecule has 10 nitrogen and oxygen atoms in total. The van der Waals surface area contributed by atoms with Gasteiger partial charge < -0.3 is 30.1 Å². The first-order chi connectivity index (χ1) is 20.2. The number of carbonyl (C=O) groups excluding carboxylic acids is 2. The van der Waals surface area contributed by atoms with Crippen molar-refractivity contribution in [2.45, 2.75) is 77.2 Å². The first-order valence-electron chi connectivity index (χ1n) is 15.3. The van der Waals surface area contributed by atoms with E-state index in [4.69, 9.17) is 9.72 Å². The summed E-state index contributed by atoms with van der Waals surface area (Å²) in [7, 11) is 0. The highest BCUT2D eigenvalue weighted by Crippen LogP contribution is 2.34. The molecule has 11 heteroatoms. The van der Waals surface area contributed by atoms with Crippen LogP contribution in [0.2, 0.25) is 0 Å². The molecule has 0 unspecified atom stereocenters. The standard InChI is InChI=1S/C31H44FN7O3/c1-5-22-20-37(30(41)39-16-8-10-26(39)31(3,4)32)17-18-38(22)25-12-11-24(23-9-7-14-34-29(23)42-6-2)36-27(25)28(40)35-21-13-15-33-19-21/h7,9,11-12,14,21-22,26,33H,5-6,8,10,13,15-20H2,1-4H3,(H,35,40)/t21-,22-,26+/m1/s1. The van der Waals surface area contributed by atoms with Gasteiger partial charge in [-0.3, -0.25) is 4.79 Å². The quantitative estimate of drug-likeness (QED) is 0.488. The lowest BCUT2D eigenvalue weighted by molar-refractivity contribution is 0.0739. The lowest BCUT2D eigenvalue weighted by Crippen LogP contribution is -2.59. The number of pyridine rings is 2. The largest absolute Gasteiger partial charge is 0.477 e. The van der Waals surface area contributed by atoms with Gasteiger partial charge in [0.2, 0.25) is 5.88 Å². The van der Waals surface area contributed by atoms with E-state index in [2.05, 4.69) is 27.4 Å². The molecule has 2 N–H and O–H groups in total. The van der Waals surface area contributed by atoms with E-state index in [9.17, 15) is 14.0 Å². The predicted molar refractivity (Wildman–Crippen MR) is 161 cm³/mol. The van der Waals surface area contributed by atoms with Gasteiger partial charge in [-0.05, 0) is 77.3 Å². The van der Waals surface area contributed by atoms with Crippen LogP contribution in [0.1, 0.15) is 63.9 Å². The number of hydrogen-bond donors (Lipinski definition) is 2. The molecule has 0 aliphatic carbocycles. The summed E-state index contributed by atoms with van der Waals surface area (Å²) in [4.78, 5) is 42.4. The molecular weight excluding hydrogens is 537 g/mol. The second-order valence-corrected chi connectivity index (χ2v) is 11.9. The van der Waals surface area contributed by atoms with Crippen LogP contribution in [0, 0.1) is 0 Å². The van der Waals surface area contributed by atoms with Crippen LogP contribution in [-0.2, 0) is 0 Å². The minimum atomic E-state index is -1.45. The van der Waals surface area contributed by atoms with E-state index < -0.39 is 11.7 Å². The average Bonchev–Trinajstić information content (AvgIpc) is 3.69. The highest BCUT2D eigenvalue weighted by Gasteiger charge is 2.43. The Morgan fingerprint density at radius 2 is 2.00 bits per heavy atom. The minimum Gasteiger partial charge on any atom is -0.477 e. The highest BCUT2D eigenvalue weighted by molar-refractivity contribution is 5.99. The van der Waals surface area contributed by atoms with Gasteiger partial charge in [0.15, 0.2) is 5.69 Å². The Balaban J connectivity index is 1.43. The van der Waals surface area contributed by atoms with E-state index in [1.807, 2.05) is 36.1 Å². The zero-order valence-corrected chi connectivity index (χ0v) is 25.2. The summed E-state index contributed by atoms with van der Waals surface area (Å²) >= 11 is 0. The SMILES string of the molecule is CCOc1ncccc1-c1ccc(N2CCN(C(=O)N3CCC[C@H]3C(C)(C)F)C[C@H]2CC)c(C(=O)N[C@@H]2CCNC2)n1. The summed E-state index contributed by atoms with van der Waals surface area (Å²) in [6.45, 7) is 11.3. The van der Waals surface area contributed by atoms with Gasteiger partial charge in [-0.25, -0.2) is 19.2 Å². The molecule has 0 radical (unpaired) electrons. The number of ether oxygens (including phenoxy) is 1. The molecule has 0 spiro atoms. The molecular formula is C31H44FN7O3. The van der Waals surface area contributed by atoms with Gasteiger partial charge in [0.25, 0.3) is 5.91 Å². The fourth-order valence-electron chi connectivity index (χ4n) is 6.46. The van der Waals surface area contributed by atoms with Crippen molar-refractivity contribution in [3.8, 4) is 17.1 Å². The smallest absolute Gasteiger partial charge is 0.320 e. The number of likely N-dealkylation sites (tertiary alicyclic amines) is 1. The number of urea groups is 1. The molecule has 2 aromatic rings. The minimum absolute atomic E-state index is 0.0214. The van der Waals surface area contributed by atoms with Crippen molar-refractivity contribution >= 4 is 17.6 Å². The Morgan fingerprint density at radius 3 is 2.71 bits per heavy atom. The van der Waals surface area contributed by atoms with Crippen molar-refractivity contribution < 1.29 is 18.7 Å². The van der Waals surface area contributed by atoms with Crippen LogP contribution < -0.4 is 20.3 Å². The molecule has 0 bridgehead atoms. The predicted octanol–water partition coefficient (Wildman–Crippen LogP) is 3.87. The highest BCUT2D eigenvalue weighted by atomic mass is 19.1. The summed E-state index contributed by atoms with van der Waals surface area (Å²) in [6, 6.07) is 7.10. The van der Waals surface area contributed by atoms with E-state index in [0.717, 1.165) is 43.6 Å². The molecule has 5 heterocycles. The maximum atomic E-state index is 14.9. The van der Waals surface area contributed by atoms with Crippen LogP contribution in [0.3, 0.4) is 0 Å². The lowest BCUT2D eigenvalue weighted by atomic mass is 9.98. The number of carbonyl (C=O) groups is 2. The van der Waals surface area contributed by atoms with Crippen molar-refractivity contribution in [1.29, 1.82) is 0 Å². The third-order valence-corrected chi connectivity index (χ3v) is 8.64. The average molecular weight is 582 g/mol. The number of alkyl halides is 1. The topological polar surface area (TPSA) is 103 Å². The van der Waals surface area contributed by atoms with E-state index in [1.54, 1.807) is 24.9 Å². The normalized spacial score (nSPS) is 22.9. The number of nitrogens with one attached hydrogen (secondary N) is 2. The second-order valence-electron chi connectivity index (χ2n) is 11.9. The van der Waals surface area contributed by atoms with Gasteiger partial charge in [0.1, 0.15) is 5.67 Å². The first-order valence-corrected chi connectivity index (χ1v) is 15.3. The number of rotatable bonds is 8. The zero-order valence-electron chi connectivity index (χ0n) is 25.2. The fraction of sp³-hybridized carbons (Fsp3) is 0.613. The number of amides is 3. The summed E-state index contributed by atoms with van der Waals surface area (Å²) in [6.07, 6.45) is 4.81. The van der Waals surface area contributed by atoms with E-state index in [-0.39, 0.29) is 24.0 Å². The van der Waals surface area contributed by atoms with Crippen LogP contribution in [-0.4, -0.2) is 101 Å². The molecule has 0 saturated carbocycles. The van der Waals surface area contributed by atoms with E-state index in [0.29, 0.717) is 56.5 Å². The molecule has 3 fully saturated rings. The van der Waals surface area contributed by atoms with Crippen LogP contribution in [0.5, 0.6) is 5.88 Å². The van der Waals surface area contributed by atoms with Crippen molar-refractivity contribution in [2.75, 3.05) is 50.8 Å². The number of halogens is 1. The van der Waals surface area contributed by atoms with Gasteiger partial charge in [-0.15, -0.1) is 0 Å². The third-order valence-electron chi connectivity index (χ3n) is 8.64. The van der Waals surface area contributed by atoms with Crippen LogP contribution >= 0.6 is 0 Å². The molecule has 0 aromatic carbocycles. The van der Waals surface area contributed by atoms with Crippen molar-refractivity contribution in [2.24, 2.45) is 0 Å².